The molecular formula is C25H21N5O2. The highest BCUT2D eigenvalue weighted by Gasteiger charge is 2.33. The van der Waals surface area contributed by atoms with Gasteiger partial charge in [-0.1, -0.05) is 43.5 Å². The Balaban J connectivity index is 1.58. The van der Waals surface area contributed by atoms with Gasteiger partial charge in [-0.15, -0.1) is 0 Å². The van der Waals surface area contributed by atoms with Crippen molar-refractivity contribution in [2.45, 2.75) is 12.6 Å². The number of hydrogen-bond acceptors (Lipinski definition) is 5. The van der Waals surface area contributed by atoms with Crippen LogP contribution in [0, 0.1) is 0 Å². The summed E-state index contributed by atoms with van der Waals surface area (Å²) in [5.74, 6) is 1.64. The van der Waals surface area contributed by atoms with Crippen molar-refractivity contribution in [2.75, 3.05) is 5.73 Å². The molecule has 32 heavy (non-hydrogen) atoms. The molecule has 7 nitrogen and oxygen atoms in total. The number of aromatic nitrogens is 3. The largest absolute Gasteiger partial charge is 0.457 e. The smallest absolute Gasteiger partial charge is 0.243 e. The fourth-order valence-corrected chi connectivity index (χ4v) is 4.12. The van der Waals surface area contributed by atoms with Crippen LogP contribution in [0.25, 0.3) is 27.7 Å². The predicted octanol–water partition coefficient (Wildman–Crippen LogP) is 4.17. The molecule has 3 heterocycles. The quantitative estimate of drug-likeness (QED) is 0.470. The maximum Gasteiger partial charge on any atom is 0.243 e. The zero-order valence-electron chi connectivity index (χ0n) is 17.3. The Labute approximate surface area is 184 Å². The first-order chi connectivity index (χ1) is 15.6. The van der Waals surface area contributed by atoms with Crippen LogP contribution in [0.1, 0.15) is 5.69 Å². The fraction of sp³-hybridized carbons (Fsp3) is 0.0800. The minimum Gasteiger partial charge on any atom is -0.457 e. The molecule has 2 aromatic carbocycles. The lowest BCUT2D eigenvalue weighted by molar-refractivity contribution is -0.116. The normalized spacial score (nSPS) is 14.9. The number of para-hydroxylation sites is 1. The summed E-state index contributed by atoms with van der Waals surface area (Å²) in [7, 11) is 0. The molecule has 158 valence electrons. The average molecular weight is 423 g/mol. The van der Waals surface area contributed by atoms with Gasteiger partial charge in [0.1, 0.15) is 29.3 Å². The van der Waals surface area contributed by atoms with Gasteiger partial charge in [-0.2, -0.15) is 0 Å². The number of carbonyl (C=O) groups excluding carboxylic acids is 1. The summed E-state index contributed by atoms with van der Waals surface area (Å²) in [6, 6.07) is 17.1. The van der Waals surface area contributed by atoms with Crippen molar-refractivity contribution in [2.24, 2.45) is 0 Å². The standard InChI is InChI=1S/C25H21N5O2/c1-3-20(31)29-19-13-30-23(15(19)2)21(22-24(26)27-14-28-25(22)30)16-9-11-18(12-10-16)32-17-7-5-4-6-8-17/h3-12,14,19H,1-2,13H2,(H,29,31)(H2,26,27,28)/t19-/m0/s1. The molecule has 0 aliphatic carbocycles. The van der Waals surface area contributed by atoms with Crippen LogP contribution >= 0.6 is 0 Å². The molecular weight excluding hydrogens is 402 g/mol. The maximum atomic E-state index is 11.9. The topological polar surface area (TPSA) is 95.1 Å². The van der Waals surface area contributed by atoms with Crippen LogP contribution in [0.3, 0.4) is 0 Å². The lowest BCUT2D eigenvalue weighted by Gasteiger charge is -2.13. The van der Waals surface area contributed by atoms with Crippen LogP contribution in [-0.4, -0.2) is 26.5 Å². The van der Waals surface area contributed by atoms with Crippen molar-refractivity contribution in [1.29, 1.82) is 0 Å². The Bertz CT molecular complexity index is 1360. The van der Waals surface area contributed by atoms with Crippen LogP contribution in [-0.2, 0) is 11.3 Å². The molecule has 1 aliphatic heterocycles. The zero-order chi connectivity index (χ0) is 22.2. The van der Waals surface area contributed by atoms with E-state index in [-0.39, 0.29) is 11.9 Å². The number of nitrogen functional groups attached to an aromatic ring is 1. The second-order valence-electron chi connectivity index (χ2n) is 7.52. The van der Waals surface area contributed by atoms with Gasteiger partial charge in [0.2, 0.25) is 5.91 Å². The molecule has 4 aromatic rings. The minimum atomic E-state index is -0.254. The molecule has 0 unspecified atom stereocenters. The van der Waals surface area contributed by atoms with Crippen molar-refractivity contribution in [3.63, 3.8) is 0 Å². The van der Waals surface area contributed by atoms with E-state index in [9.17, 15) is 4.79 Å². The molecule has 7 heteroatoms. The lowest BCUT2D eigenvalue weighted by Crippen LogP contribution is -2.33. The molecule has 3 N–H and O–H groups in total. The average Bonchev–Trinajstić information content (AvgIpc) is 3.30. The highest BCUT2D eigenvalue weighted by molar-refractivity contribution is 6.07. The van der Waals surface area contributed by atoms with Gasteiger partial charge in [0.15, 0.2) is 0 Å². The molecule has 0 saturated heterocycles. The van der Waals surface area contributed by atoms with Crippen LogP contribution in [0.5, 0.6) is 11.5 Å². The van der Waals surface area contributed by atoms with Crippen molar-refractivity contribution in [3.05, 3.63) is 85.9 Å². The Morgan fingerprint density at radius 2 is 1.84 bits per heavy atom. The van der Waals surface area contributed by atoms with E-state index in [1.807, 2.05) is 59.2 Å². The van der Waals surface area contributed by atoms with Gasteiger partial charge in [-0.3, -0.25) is 4.79 Å². The number of ether oxygens (including phenoxy) is 1. The second kappa shape index (κ2) is 7.70. The van der Waals surface area contributed by atoms with Crippen molar-refractivity contribution in [3.8, 4) is 22.6 Å². The molecule has 1 atom stereocenters. The number of hydrogen-bond donors (Lipinski definition) is 2. The molecule has 0 fully saturated rings. The van der Waals surface area contributed by atoms with E-state index < -0.39 is 0 Å². The Kier molecular flexibility index (Phi) is 4.71. The van der Waals surface area contributed by atoms with Crippen molar-refractivity contribution < 1.29 is 9.53 Å². The highest BCUT2D eigenvalue weighted by atomic mass is 16.5. The third kappa shape index (κ3) is 3.20. The van der Waals surface area contributed by atoms with Crippen molar-refractivity contribution in [1.82, 2.24) is 19.9 Å². The molecule has 1 aliphatic rings. The molecule has 5 rings (SSSR count). The minimum absolute atomic E-state index is 0.246. The number of rotatable bonds is 5. The summed E-state index contributed by atoms with van der Waals surface area (Å²) < 4.78 is 7.95. The third-order valence-electron chi connectivity index (χ3n) is 5.58. The first-order valence-electron chi connectivity index (χ1n) is 10.1. The van der Waals surface area contributed by atoms with Crippen LogP contribution in [0.15, 0.2) is 80.2 Å². The van der Waals surface area contributed by atoms with E-state index in [0.717, 1.165) is 39.3 Å². The van der Waals surface area contributed by atoms with Crippen LogP contribution in [0.2, 0.25) is 0 Å². The molecule has 1 amide bonds. The Morgan fingerprint density at radius 3 is 2.56 bits per heavy atom. The number of amides is 1. The number of anilines is 1. The summed E-state index contributed by atoms with van der Waals surface area (Å²) >= 11 is 0. The fourth-order valence-electron chi connectivity index (χ4n) is 4.12. The molecule has 0 spiro atoms. The maximum absolute atomic E-state index is 11.9. The zero-order valence-corrected chi connectivity index (χ0v) is 17.3. The van der Waals surface area contributed by atoms with Gasteiger partial charge >= 0.3 is 0 Å². The molecule has 0 bridgehead atoms. The number of fused-ring (bicyclic) bond motifs is 3. The van der Waals surface area contributed by atoms with Gasteiger partial charge in [0.25, 0.3) is 0 Å². The summed E-state index contributed by atoms with van der Waals surface area (Å²) in [5, 5.41) is 3.71. The third-order valence-corrected chi connectivity index (χ3v) is 5.58. The van der Waals surface area contributed by atoms with E-state index in [1.54, 1.807) is 0 Å². The first kappa shape index (κ1) is 19.6. The van der Waals surface area contributed by atoms with Crippen molar-refractivity contribution >= 4 is 28.3 Å². The van der Waals surface area contributed by atoms with E-state index in [2.05, 4.69) is 28.4 Å². The summed E-state index contributed by atoms with van der Waals surface area (Å²) in [5.41, 5.74) is 10.5. The second-order valence-corrected chi connectivity index (χ2v) is 7.52. The lowest BCUT2D eigenvalue weighted by atomic mass is 9.97. The van der Waals surface area contributed by atoms with Crippen LogP contribution < -0.4 is 15.8 Å². The van der Waals surface area contributed by atoms with Gasteiger partial charge in [-0.05, 0) is 41.5 Å². The number of nitrogens with two attached hydrogens (primary N) is 1. The summed E-state index contributed by atoms with van der Waals surface area (Å²) in [4.78, 5) is 20.6. The number of nitrogens with one attached hydrogen (secondary N) is 1. The van der Waals surface area contributed by atoms with E-state index >= 15 is 0 Å². The van der Waals surface area contributed by atoms with Gasteiger partial charge in [0.05, 0.1) is 17.1 Å². The predicted molar refractivity (Wildman–Crippen MR) is 125 cm³/mol. The number of benzene rings is 2. The number of carbonyl (C=O) groups is 1. The van der Waals surface area contributed by atoms with E-state index in [0.29, 0.717) is 18.0 Å². The van der Waals surface area contributed by atoms with Gasteiger partial charge in [0, 0.05) is 12.1 Å². The Hall–Kier alpha value is -4.39. The monoisotopic (exact) mass is 423 g/mol. The van der Waals surface area contributed by atoms with Gasteiger partial charge < -0.3 is 20.4 Å². The summed E-state index contributed by atoms with van der Waals surface area (Å²) in [6.07, 6.45) is 2.70. The summed E-state index contributed by atoms with van der Waals surface area (Å²) in [6.45, 7) is 8.31. The molecule has 2 aromatic heterocycles. The van der Waals surface area contributed by atoms with Crippen LogP contribution in [0.4, 0.5) is 5.82 Å². The molecule has 0 saturated carbocycles. The number of nitrogens with zero attached hydrogens (tertiary/aromatic N) is 3. The molecule has 0 radical (unpaired) electrons. The van der Waals surface area contributed by atoms with Gasteiger partial charge in [-0.25, -0.2) is 9.97 Å². The SMILES string of the molecule is C=CC(=O)N[C@H]1Cn2c(c(-c3ccc(Oc4ccccc4)cc3)c3c(N)ncnc32)C1=C. The Morgan fingerprint density at radius 1 is 1.12 bits per heavy atom. The van der Waals surface area contributed by atoms with E-state index in [4.69, 9.17) is 10.5 Å². The first-order valence-corrected chi connectivity index (χ1v) is 10.1. The highest BCUT2D eigenvalue weighted by Crippen LogP contribution is 2.44. The van der Waals surface area contributed by atoms with E-state index in [1.165, 1.54) is 12.4 Å².